The van der Waals surface area contributed by atoms with E-state index in [0.29, 0.717) is 5.56 Å². The number of ether oxygens (including phenoxy) is 1. The lowest BCUT2D eigenvalue weighted by Gasteiger charge is -2.01. The van der Waals surface area contributed by atoms with E-state index in [9.17, 15) is 10.1 Å². The van der Waals surface area contributed by atoms with Crippen LogP contribution in [0.1, 0.15) is 11.1 Å². The molecule has 0 aliphatic heterocycles. The van der Waals surface area contributed by atoms with Gasteiger partial charge in [0, 0.05) is 6.08 Å². The van der Waals surface area contributed by atoms with Crippen LogP contribution in [0.25, 0.3) is 11.8 Å². The van der Waals surface area contributed by atoms with Crippen LogP contribution >= 0.6 is 0 Å². The largest absolute Gasteiger partial charge is 0.497 e. The molecule has 0 aliphatic rings. The van der Waals surface area contributed by atoms with Gasteiger partial charge in [0.2, 0.25) is 0 Å². The SMILES string of the molecule is COc1ccc(C=C(c2ccccc2)[N+](=O)[O-])cc1. The monoisotopic (exact) mass is 255 g/mol. The van der Waals surface area contributed by atoms with Gasteiger partial charge in [0.05, 0.1) is 17.6 Å². The van der Waals surface area contributed by atoms with Crippen molar-refractivity contribution in [2.24, 2.45) is 0 Å². The van der Waals surface area contributed by atoms with Gasteiger partial charge in [-0.15, -0.1) is 0 Å². The van der Waals surface area contributed by atoms with E-state index in [0.717, 1.165) is 11.3 Å². The minimum Gasteiger partial charge on any atom is -0.497 e. The molecule has 2 rings (SSSR count). The van der Waals surface area contributed by atoms with E-state index < -0.39 is 0 Å². The van der Waals surface area contributed by atoms with Gasteiger partial charge >= 0.3 is 0 Å². The molecule has 19 heavy (non-hydrogen) atoms. The Morgan fingerprint density at radius 2 is 1.74 bits per heavy atom. The highest BCUT2D eigenvalue weighted by molar-refractivity contribution is 5.76. The van der Waals surface area contributed by atoms with Crippen LogP contribution < -0.4 is 4.74 Å². The molecule has 0 heterocycles. The highest BCUT2D eigenvalue weighted by Gasteiger charge is 2.13. The Kier molecular flexibility index (Phi) is 3.93. The number of hydrogen-bond acceptors (Lipinski definition) is 3. The van der Waals surface area contributed by atoms with E-state index in [2.05, 4.69) is 0 Å². The molecule has 0 saturated heterocycles. The molecule has 0 aliphatic carbocycles. The molecule has 2 aromatic carbocycles. The summed E-state index contributed by atoms with van der Waals surface area (Å²) in [6.07, 6.45) is 1.55. The predicted molar refractivity (Wildman–Crippen MR) is 74.3 cm³/mol. The summed E-state index contributed by atoms with van der Waals surface area (Å²) in [5.41, 5.74) is 1.42. The van der Waals surface area contributed by atoms with E-state index >= 15 is 0 Å². The highest BCUT2D eigenvalue weighted by atomic mass is 16.6. The molecule has 0 radical (unpaired) electrons. The fourth-order valence-electron chi connectivity index (χ4n) is 1.71. The minimum absolute atomic E-state index is 0.0748. The molecule has 0 unspecified atom stereocenters. The lowest BCUT2D eigenvalue weighted by Crippen LogP contribution is -1.97. The Morgan fingerprint density at radius 3 is 2.26 bits per heavy atom. The first-order chi connectivity index (χ1) is 9.20. The Morgan fingerprint density at radius 1 is 1.11 bits per heavy atom. The summed E-state index contributed by atoms with van der Waals surface area (Å²) >= 11 is 0. The van der Waals surface area contributed by atoms with Gasteiger partial charge in [-0.25, -0.2) is 0 Å². The Labute approximate surface area is 111 Å². The fraction of sp³-hybridized carbons (Fsp3) is 0.0667. The summed E-state index contributed by atoms with van der Waals surface area (Å²) in [4.78, 5) is 10.8. The summed E-state index contributed by atoms with van der Waals surface area (Å²) in [6, 6.07) is 15.9. The van der Waals surface area contributed by atoms with Gasteiger partial charge in [-0.1, -0.05) is 30.3 Å². The first-order valence-electron chi connectivity index (χ1n) is 5.76. The first kappa shape index (κ1) is 12.8. The molecule has 0 atom stereocenters. The fourth-order valence-corrected chi connectivity index (χ4v) is 1.71. The standard InChI is InChI=1S/C15H13NO3/c1-19-14-9-7-12(8-10-14)11-15(16(17)18)13-5-3-2-4-6-13/h2-11H,1H3. The van der Waals surface area contributed by atoms with Crippen LogP contribution in [0.3, 0.4) is 0 Å². The van der Waals surface area contributed by atoms with Crippen LogP contribution in [0.15, 0.2) is 54.6 Å². The zero-order valence-corrected chi connectivity index (χ0v) is 10.4. The molecule has 0 saturated carbocycles. The van der Waals surface area contributed by atoms with Gasteiger partial charge in [-0.2, -0.15) is 0 Å². The zero-order valence-electron chi connectivity index (χ0n) is 10.4. The normalized spacial score (nSPS) is 11.1. The summed E-state index contributed by atoms with van der Waals surface area (Å²) < 4.78 is 5.05. The van der Waals surface area contributed by atoms with Crippen molar-refractivity contribution in [2.45, 2.75) is 0 Å². The Hall–Kier alpha value is -2.62. The Bertz CT molecular complexity index is 589. The van der Waals surface area contributed by atoms with Gasteiger partial charge in [0.15, 0.2) is 0 Å². The van der Waals surface area contributed by atoms with Crippen molar-refractivity contribution in [3.05, 3.63) is 75.8 Å². The second-order valence-electron chi connectivity index (χ2n) is 3.93. The predicted octanol–water partition coefficient (Wildman–Crippen LogP) is 3.47. The first-order valence-corrected chi connectivity index (χ1v) is 5.76. The lowest BCUT2D eigenvalue weighted by molar-refractivity contribution is -0.374. The average Bonchev–Trinajstić information content (AvgIpc) is 2.46. The van der Waals surface area contributed by atoms with Crippen LogP contribution in [0.5, 0.6) is 5.75 Å². The summed E-state index contributed by atoms with van der Waals surface area (Å²) in [7, 11) is 1.58. The molecule has 96 valence electrons. The number of nitrogens with zero attached hydrogens (tertiary/aromatic N) is 1. The van der Waals surface area contributed by atoms with Crippen molar-refractivity contribution in [1.29, 1.82) is 0 Å². The van der Waals surface area contributed by atoms with Crippen molar-refractivity contribution in [2.75, 3.05) is 7.11 Å². The van der Waals surface area contributed by atoms with Crippen molar-refractivity contribution in [3.63, 3.8) is 0 Å². The Balaban J connectivity index is 2.38. The van der Waals surface area contributed by atoms with E-state index in [1.54, 1.807) is 61.7 Å². The lowest BCUT2D eigenvalue weighted by atomic mass is 10.1. The topological polar surface area (TPSA) is 52.4 Å². The molecular formula is C15H13NO3. The van der Waals surface area contributed by atoms with E-state index in [1.165, 1.54) is 0 Å². The molecule has 4 heteroatoms. The van der Waals surface area contributed by atoms with Gasteiger partial charge in [0.1, 0.15) is 5.75 Å². The van der Waals surface area contributed by atoms with Gasteiger partial charge in [0.25, 0.3) is 5.70 Å². The van der Waals surface area contributed by atoms with Crippen molar-refractivity contribution in [1.82, 2.24) is 0 Å². The van der Waals surface area contributed by atoms with Crippen molar-refractivity contribution < 1.29 is 9.66 Å². The number of nitro groups is 1. The number of benzene rings is 2. The van der Waals surface area contributed by atoms with Gasteiger partial charge < -0.3 is 4.74 Å². The zero-order chi connectivity index (χ0) is 13.7. The number of hydrogen-bond donors (Lipinski definition) is 0. The second-order valence-corrected chi connectivity index (χ2v) is 3.93. The highest BCUT2D eigenvalue weighted by Crippen LogP contribution is 2.20. The third-order valence-corrected chi connectivity index (χ3v) is 2.69. The molecule has 2 aromatic rings. The molecule has 0 bridgehead atoms. The van der Waals surface area contributed by atoms with E-state index in [-0.39, 0.29) is 10.6 Å². The summed E-state index contributed by atoms with van der Waals surface area (Å²) in [5.74, 6) is 0.722. The van der Waals surface area contributed by atoms with Gasteiger partial charge in [-0.3, -0.25) is 10.1 Å². The van der Waals surface area contributed by atoms with Crippen LogP contribution in [0.2, 0.25) is 0 Å². The average molecular weight is 255 g/mol. The minimum atomic E-state index is -0.375. The number of rotatable bonds is 4. The quantitative estimate of drug-likeness (QED) is 0.477. The molecule has 0 amide bonds. The van der Waals surface area contributed by atoms with E-state index in [4.69, 9.17) is 4.74 Å². The van der Waals surface area contributed by atoms with Crippen molar-refractivity contribution in [3.8, 4) is 5.75 Å². The maximum absolute atomic E-state index is 11.1. The molecule has 0 N–H and O–H groups in total. The van der Waals surface area contributed by atoms with Crippen LogP contribution in [-0.4, -0.2) is 12.0 Å². The van der Waals surface area contributed by atoms with Crippen LogP contribution in [-0.2, 0) is 0 Å². The maximum atomic E-state index is 11.1. The van der Waals surface area contributed by atoms with Gasteiger partial charge in [-0.05, 0) is 29.8 Å². The van der Waals surface area contributed by atoms with Crippen molar-refractivity contribution >= 4 is 11.8 Å². The third-order valence-electron chi connectivity index (χ3n) is 2.69. The van der Waals surface area contributed by atoms with Crippen LogP contribution in [0.4, 0.5) is 0 Å². The van der Waals surface area contributed by atoms with E-state index in [1.807, 2.05) is 6.07 Å². The summed E-state index contributed by atoms with van der Waals surface area (Å²) in [5, 5.41) is 11.1. The second kappa shape index (κ2) is 5.82. The summed E-state index contributed by atoms with van der Waals surface area (Å²) in [6.45, 7) is 0. The molecule has 0 fully saturated rings. The molecule has 4 nitrogen and oxygen atoms in total. The number of methoxy groups -OCH3 is 1. The molecule has 0 aromatic heterocycles. The molecular weight excluding hydrogens is 242 g/mol. The van der Waals surface area contributed by atoms with Crippen LogP contribution in [0, 0.1) is 10.1 Å². The third kappa shape index (κ3) is 3.19. The smallest absolute Gasteiger partial charge is 0.277 e. The maximum Gasteiger partial charge on any atom is 0.277 e. The molecule has 0 spiro atoms.